The number of ether oxygens (including phenoxy) is 3. The molecule has 2 aliphatic rings. The Balaban J connectivity index is 1.84. The van der Waals surface area contributed by atoms with Crippen LogP contribution in [-0.4, -0.2) is 64.5 Å². The predicted octanol–water partition coefficient (Wildman–Crippen LogP) is 2.78. The molecule has 8 heteroatoms. The van der Waals surface area contributed by atoms with Crippen molar-refractivity contribution >= 4 is 15.8 Å². The van der Waals surface area contributed by atoms with Crippen molar-refractivity contribution in [3.63, 3.8) is 0 Å². The lowest BCUT2D eigenvalue weighted by atomic mass is 9.98. The van der Waals surface area contributed by atoms with E-state index in [0.29, 0.717) is 55.8 Å². The minimum Gasteiger partial charge on any atom is -0.496 e. The number of methoxy groups -OCH3 is 3. The van der Waals surface area contributed by atoms with Crippen LogP contribution in [0.25, 0.3) is 5.57 Å². The number of nitrogens with zero attached hydrogens (tertiary/aromatic N) is 2. The number of piperidine rings is 1. The quantitative estimate of drug-likeness (QED) is 0.721. The summed E-state index contributed by atoms with van der Waals surface area (Å²) in [5, 5.41) is 0. The van der Waals surface area contributed by atoms with Gasteiger partial charge in [0.1, 0.15) is 17.2 Å². The lowest BCUT2D eigenvalue weighted by molar-refractivity contribution is 0.260. The second-order valence-electron chi connectivity index (χ2n) is 7.36. The van der Waals surface area contributed by atoms with Gasteiger partial charge in [-0.3, -0.25) is 0 Å². The monoisotopic (exact) mass is 410 g/mol. The molecule has 2 aliphatic heterocycles. The largest absolute Gasteiger partial charge is 0.496 e. The lowest BCUT2D eigenvalue weighted by Crippen LogP contribution is -2.48. The molecule has 0 amide bonds. The van der Waals surface area contributed by atoms with Gasteiger partial charge in [0.05, 0.1) is 26.9 Å². The number of benzene rings is 1. The van der Waals surface area contributed by atoms with Crippen molar-refractivity contribution in [1.29, 1.82) is 0 Å². The highest BCUT2D eigenvalue weighted by molar-refractivity contribution is 7.86. The van der Waals surface area contributed by atoms with E-state index in [1.54, 1.807) is 29.9 Å². The zero-order valence-corrected chi connectivity index (χ0v) is 17.9. The summed E-state index contributed by atoms with van der Waals surface area (Å²) >= 11 is 0. The summed E-state index contributed by atoms with van der Waals surface area (Å²) in [6.45, 7) is 4.12. The van der Waals surface area contributed by atoms with Crippen LogP contribution in [0.5, 0.6) is 17.2 Å². The summed E-state index contributed by atoms with van der Waals surface area (Å²) in [7, 11) is 1.38. The van der Waals surface area contributed by atoms with Crippen molar-refractivity contribution in [3.05, 3.63) is 23.8 Å². The van der Waals surface area contributed by atoms with E-state index in [2.05, 4.69) is 6.92 Å². The van der Waals surface area contributed by atoms with Crippen molar-refractivity contribution in [2.45, 2.75) is 26.2 Å². The van der Waals surface area contributed by atoms with Gasteiger partial charge in [0, 0.05) is 38.3 Å². The fourth-order valence-corrected chi connectivity index (χ4v) is 5.64. The Kier molecular flexibility index (Phi) is 6.52. The van der Waals surface area contributed by atoms with Crippen LogP contribution < -0.4 is 14.2 Å². The van der Waals surface area contributed by atoms with Gasteiger partial charge in [-0.1, -0.05) is 13.0 Å². The third-order valence-electron chi connectivity index (χ3n) is 5.48. The second-order valence-corrected chi connectivity index (χ2v) is 9.29. The Morgan fingerprint density at radius 1 is 1.00 bits per heavy atom. The molecule has 1 atom stereocenters. The van der Waals surface area contributed by atoms with Crippen LogP contribution in [0.15, 0.2) is 18.2 Å². The summed E-state index contributed by atoms with van der Waals surface area (Å²) in [5.74, 6) is 2.37. The van der Waals surface area contributed by atoms with Crippen LogP contribution in [0.3, 0.4) is 0 Å². The highest BCUT2D eigenvalue weighted by Crippen LogP contribution is 2.41. The standard InChI is InChI=1S/C20H30N2O5S/c1-15-6-5-9-22(14-15)28(23,24)21-10-7-16(8-11-21)20-18(26-3)12-17(25-2)13-19(20)27-4/h7,12-13,15H,5-6,8-11,14H2,1-4H3. The molecule has 1 aromatic rings. The van der Waals surface area contributed by atoms with Crippen LogP contribution in [0, 0.1) is 5.92 Å². The zero-order valence-electron chi connectivity index (χ0n) is 17.1. The van der Waals surface area contributed by atoms with Crippen molar-refractivity contribution in [1.82, 2.24) is 8.61 Å². The van der Waals surface area contributed by atoms with E-state index in [4.69, 9.17) is 14.2 Å². The molecular formula is C20H30N2O5S. The van der Waals surface area contributed by atoms with Gasteiger partial charge in [0.15, 0.2) is 0 Å². The fraction of sp³-hybridized carbons (Fsp3) is 0.600. The summed E-state index contributed by atoms with van der Waals surface area (Å²) in [5.41, 5.74) is 1.88. The molecule has 156 valence electrons. The normalized spacial score (nSPS) is 21.9. The van der Waals surface area contributed by atoms with E-state index >= 15 is 0 Å². The topological polar surface area (TPSA) is 68.3 Å². The van der Waals surface area contributed by atoms with E-state index < -0.39 is 10.2 Å². The second kappa shape index (κ2) is 8.71. The minimum atomic E-state index is -3.43. The van der Waals surface area contributed by atoms with Gasteiger partial charge < -0.3 is 14.2 Å². The number of hydrogen-bond donors (Lipinski definition) is 0. The highest BCUT2D eigenvalue weighted by Gasteiger charge is 2.34. The highest BCUT2D eigenvalue weighted by atomic mass is 32.2. The Morgan fingerprint density at radius 2 is 1.68 bits per heavy atom. The van der Waals surface area contributed by atoms with Gasteiger partial charge in [0.2, 0.25) is 0 Å². The predicted molar refractivity (Wildman–Crippen MR) is 109 cm³/mol. The van der Waals surface area contributed by atoms with E-state index in [1.807, 2.05) is 18.2 Å². The zero-order chi connectivity index (χ0) is 20.3. The van der Waals surface area contributed by atoms with Gasteiger partial charge >= 0.3 is 0 Å². The SMILES string of the molecule is COc1cc(OC)c(C2=CCN(S(=O)(=O)N3CCCC(C)C3)CC2)c(OC)c1. The maximum atomic E-state index is 13.0. The minimum absolute atomic E-state index is 0.348. The average Bonchev–Trinajstić information content (AvgIpc) is 2.72. The maximum Gasteiger partial charge on any atom is 0.282 e. The summed E-state index contributed by atoms with van der Waals surface area (Å²) in [4.78, 5) is 0. The number of rotatable bonds is 6. The van der Waals surface area contributed by atoms with E-state index in [-0.39, 0.29) is 0 Å². The molecule has 0 aromatic heterocycles. The molecular weight excluding hydrogens is 380 g/mol. The first-order valence-corrected chi connectivity index (χ1v) is 11.0. The van der Waals surface area contributed by atoms with Crippen molar-refractivity contribution in [2.75, 3.05) is 47.5 Å². The number of hydrogen-bond acceptors (Lipinski definition) is 5. The first kappa shape index (κ1) is 21.0. The van der Waals surface area contributed by atoms with Gasteiger partial charge in [-0.05, 0) is 30.8 Å². The molecule has 7 nitrogen and oxygen atoms in total. The molecule has 0 radical (unpaired) electrons. The van der Waals surface area contributed by atoms with E-state index in [0.717, 1.165) is 24.0 Å². The first-order chi connectivity index (χ1) is 13.4. The van der Waals surface area contributed by atoms with Gasteiger partial charge in [-0.25, -0.2) is 0 Å². The smallest absolute Gasteiger partial charge is 0.282 e. The molecule has 28 heavy (non-hydrogen) atoms. The van der Waals surface area contributed by atoms with Crippen LogP contribution in [-0.2, 0) is 10.2 Å². The third kappa shape index (κ3) is 4.14. The molecule has 0 saturated carbocycles. The lowest BCUT2D eigenvalue weighted by Gasteiger charge is -2.35. The molecule has 3 rings (SSSR count). The van der Waals surface area contributed by atoms with Gasteiger partial charge in [-0.2, -0.15) is 17.0 Å². The Bertz CT molecular complexity index is 812. The molecule has 1 aromatic carbocycles. The van der Waals surface area contributed by atoms with E-state index in [9.17, 15) is 8.42 Å². The maximum absolute atomic E-state index is 13.0. The van der Waals surface area contributed by atoms with Crippen LogP contribution in [0.2, 0.25) is 0 Å². The molecule has 0 spiro atoms. The summed E-state index contributed by atoms with van der Waals surface area (Å²) < 4.78 is 45.6. The molecule has 2 heterocycles. The molecule has 1 fully saturated rings. The molecule has 1 saturated heterocycles. The molecule has 0 aliphatic carbocycles. The molecule has 0 bridgehead atoms. The van der Waals surface area contributed by atoms with Crippen LogP contribution in [0.1, 0.15) is 31.7 Å². The Labute approximate surface area is 168 Å². The third-order valence-corrected chi connectivity index (χ3v) is 7.45. The Hall–Kier alpha value is -1.77. The molecule has 1 unspecified atom stereocenters. The van der Waals surface area contributed by atoms with Gasteiger partial charge in [0.25, 0.3) is 10.2 Å². The van der Waals surface area contributed by atoms with Crippen molar-refractivity contribution in [2.24, 2.45) is 5.92 Å². The fourth-order valence-electron chi connectivity index (χ4n) is 3.93. The van der Waals surface area contributed by atoms with Crippen LogP contribution >= 0.6 is 0 Å². The molecule has 0 N–H and O–H groups in total. The van der Waals surface area contributed by atoms with Crippen LogP contribution in [0.4, 0.5) is 0 Å². The van der Waals surface area contributed by atoms with Gasteiger partial charge in [-0.15, -0.1) is 0 Å². The van der Waals surface area contributed by atoms with E-state index in [1.165, 1.54) is 0 Å². The van der Waals surface area contributed by atoms with Crippen molar-refractivity contribution < 1.29 is 22.6 Å². The average molecular weight is 411 g/mol. The summed E-state index contributed by atoms with van der Waals surface area (Å²) in [6.07, 6.45) is 4.58. The first-order valence-electron chi connectivity index (χ1n) is 9.65. The Morgan fingerprint density at radius 3 is 2.18 bits per heavy atom. The summed E-state index contributed by atoms with van der Waals surface area (Å²) in [6, 6.07) is 3.63. The van der Waals surface area contributed by atoms with Crippen molar-refractivity contribution in [3.8, 4) is 17.2 Å².